The van der Waals surface area contributed by atoms with Crippen molar-refractivity contribution in [2.24, 2.45) is 0 Å². The number of rotatable bonds is 12. The van der Waals surface area contributed by atoms with Gasteiger partial charge in [-0.1, -0.05) is 33.7 Å². The second-order valence-corrected chi connectivity index (χ2v) is 8.89. The van der Waals surface area contributed by atoms with Crippen molar-refractivity contribution < 1.29 is 164 Å². The molecule has 0 saturated carbocycles. The first-order chi connectivity index (χ1) is 26.9. The van der Waals surface area contributed by atoms with E-state index in [1.807, 2.05) is 13.2 Å². The molecule has 0 spiro atoms. The monoisotopic (exact) mass is 1030 g/mol. The Morgan fingerprint density at radius 2 is 0.688 bits per heavy atom. The summed E-state index contributed by atoms with van der Waals surface area (Å²) in [6.45, 7) is 16.5. The maximum Gasteiger partial charge on any atom is 0.527 e. The third-order valence-electron chi connectivity index (χ3n) is 4.24. The molecule has 0 N–H and O–H groups in total. The first kappa shape index (κ1) is 73.6. The third-order valence-corrected chi connectivity index (χ3v) is 4.24. The molecule has 0 aliphatic carbocycles. The van der Waals surface area contributed by atoms with E-state index in [0.717, 1.165) is 0 Å². The van der Waals surface area contributed by atoms with Crippen LogP contribution in [0.2, 0.25) is 0 Å². The summed E-state index contributed by atoms with van der Waals surface area (Å²) in [5, 5.41) is 0. The summed E-state index contributed by atoms with van der Waals surface area (Å²) in [7, 11) is 0. The fourth-order valence-electron chi connectivity index (χ4n) is 1.51. The van der Waals surface area contributed by atoms with Gasteiger partial charge in [0.2, 0.25) is 0 Å². The molecule has 0 aliphatic rings. The predicted molar refractivity (Wildman–Crippen MR) is 147 cm³/mol. The lowest BCUT2D eigenvalue weighted by atomic mass is 10.1. The van der Waals surface area contributed by atoms with E-state index >= 15 is 0 Å². The number of hydrogen-bond acceptors (Lipinski definition) is 5. The normalized spacial score (nSPS) is 13.7. The number of alkyl halides is 28. The number of hydrogen-bond donors (Lipinski definition) is 0. The number of ether oxygens (including phenoxy) is 3. The van der Waals surface area contributed by atoms with Crippen LogP contribution in [0.1, 0.15) is 7.43 Å². The highest BCUT2D eigenvalue weighted by Gasteiger charge is 2.83. The second kappa shape index (κ2) is 25.1. The van der Waals surface area contributed by atoms with Crippen LogP contribution < -0.4 is 0 Å². The molecule has 0 aromatic heterocycles. The average molecular weight is 1030 g/mol. The Morgan fingerprint density at radius 3 is 0.828 bits per heavy atom. The Hall–Kier alpha value is -4.74. The smallest absolute Gasteiger partial charge is 0.402 e. The zero-order chi connectivity index (χ0) is 53.4. The topological polar surface area (TPSA) is 61.8 Å². The Bertz CT molecular complexity index is 1460. The van der Waals surface area contributed by atoms with Gasteiger partial charge in [-0.25, -0.2) is 9.13 Å². The van der Waals surface area contributed by atoms with Gasteiger partial charge in [-0.15, -0.1) is 26.3 Å². The van der Waals surface area contributed by atoms with Gasteiger partial charge >= 0.3 is 85.1 Å². The van der Waals surface area contributed by atoms with Crippen molar-refractivity contribution in [1.29, 1.82) is 0 Å². The van der Waals surface area contributed by atoms with E-state index in [-0.39, 0.29) is 19.6 Å². The zero-order valence-corrected chi connectivity index (χ0v) is 28.7. The molecule has 1 unspecified atom stereocenters. The lowest BCUT2D eigenvalue weighted by Gasteiger charge is -2.38. The molecular formula is C27H20F32O5. The maximum atomic E-state index is 13.8. The summed E-state index contributed by atoms with van der Waals surface area (Å²) in [4.78, 5) is 19.0. The van der Waals surface area contributed by atoms with Crippen molar-refractivity contribution in [2.75, 3.05) is 0 Å². The van der Waals surface area contributed by atoms with E-state index in [4.69, 9.17) is 0 Å². The molecule has 0 aliphatic heterocycles. The molecule has 0 aromatic carbocycles. The van der Waals surface area contributed by atoms with E-state index in [1.165, 1.54) is 4.74 Å². The SMILES string of the molecule is C.C=C.C=C(C(F)(F)F)C(F)(F)F.C=C(F)C(F)(F)C(F)(F)C(=O)F.C=C(F)OC(F)(F)C(F)(OC(F)(F)C(F)(F)C(=O)F)C(F)(F)OC(F)(F)F.C=CC(F)(F)F.C=CC(F)(F)F. The van der Waals surface area contributed by atoms with Crippen LogP contribution in [0.25, 0.3) is 0 Å². The highest BCUT2D eigenvalue weighted by Crippen LogP contribution is 2.54. The number of carbonyl (C=O) groups is 2. The number of halogens is 32. The molecule has 0 radical (unpaired) electrons. The molecule has 64 heavy (non-hydrogen) atoms. The van der Waals surface area contributed by atoms with Crippen molar-refractivity contribution in [3.05, 3.63) is 75.6 Å². The molecule has 37 heteroatoms. The molecular weight excluding hydrogens is 1010 g/mol. The highest BCUT2D eigenvalue weighted by atomic mass is 19.4. The minimum absolute atomic E-state index is 0. The summed E-state index contributed by atoms with van der Waals surface area (Å²) in [5.74, 6) is -28.4. The molecule has 0 bridgehead atoms. The van der Waals surface area contributed by atoms with E-state index in [0.29, 0.717) is 0 Å². The first-order valence-electron chi connectivity index (χ1n) is 12.9. The minimum atomic E-state index is -7.42. The largest absolute Gasteiger partial charge is 0.527 e. The fraction of sp³-hybridized carbons (Fsp3) is 0.481. The van der Waals surface area contributed by atoms with Crippen LogP contribution in [0.5, 0.6) is 0 Å². The molecule has 1 atom stereocenters. The number of allylic oxidation sites excluding steroid dienone is 4. The van der Waals surface area contributed by atoms with Gasteiger partial charge in [-0.05, 0) is 6.58 Å². The van der Waals surface area contributed by atoms with E-state index < -0.39 is 103 Å². The van der Waals surface area contributed by atoms with Crippen LogP contribution in [0.4, 0.5) is 140 Å². The van der Waals surface area contributed by atoms with Gasteiger partial charge in [0.05, 0.1) is 0 Å². The summed E-state index contributed by atoms with van der Waals surface area (Å²) in [6, 6.07) is -11.1. The lowest BCUT2D eigenvalue weighted by Crippen LogP contribution is -2.66. The molecule has 0 saturated heterocycles. The van der Waals surface area contributed by atoms with Gasteiger partial charge in [0, 0.05) is 12.2 Å². The van der Waals surface area contributed by atoms with Crippen LogP contribution in [0.3, 0.4) is 0 Å². The summed E-state index contributed by atoms with van der Waals surface area (Å²) in [6.07, 6.45) is -47.7. The highest BCUT2D eigenvalue weighted by molar-refractivity contribution is 5.78. The van der Waals surface area contributed by atoms with Crippen LogP contribution in [0, 0.1) is 0 Å². The summed E-state index contributed by atoms with van der Waals surface area (Å²) < 4.78 is 383. The molecule has 0 aromatic rings. The average Bonchev–Trinajstić information content (AvgIpc) is 3.02. The van der Waals surface area contributed by atoms with Crippen molar-refractivity contribution >= 4 is 12.1 Å². The van der Waals surface area contributed by atoms with Crippen molar-refractivity contribution in [3.63, 3.8) is 0 Å². The quantitative estimate of drug-likeness (QED) is 0.0844. The molecule has 0 rings (SSSR count). The molecule has 382 valence electrons. The van der Waals surface area contributed by atoms with Gasteiger partial charge in [-0.2, -0.15) is 123 Å². The van der Waals surface area contributed by atoms with E-state index in [9.17, 15) is 150 Å². The summed E-state index contributed by atoms with van der Waals surface area (Å²) in [5.41, 5.74) is -2.68. The second-order valence-electron chi connectivity index (χ2n) is 8.89. The Balaban J connectivity index is -0.000000145. The molecule has 0 amide bonds. The molecule has 0 fully saturated rings. The fourth-order valence-corrected chi connectivity index (χ4v) is 1.51. The van der Waals surface area contributed by atoms with Crippen LogP contribution in [-0.2, 0) is 23.8 Å². The Morgan fingerprint density at radius 1 is 0.422 bits per heavy atom. The van der Waals surface area contributed by atoms with E-state index in [1.54, 1.807) is 11.3 Å². The Labute approximate surface area is 333 Å². The zero-order valence-electron chi connectivity index (χ0n) is 28.7. The van der Waals surface area contributed by atoms with Gasteiger partial charge in [0.25, 0.3) is 6.01 Å². The van der Waals surface area contributed by atoms with Gasteiger partial charge in [-0.3, -0.25) is 14.3 Å². The van der Waals surface area contributed by atoms with Crippen LogP contribution in [0.15, 0.2) is 75.6 Å². The van der Waals surface area contributed by atoms with Gasteiger partial charge in [0.1, 0.15) is 5.57 Å². The van der Waals surface area contributed by atoms with Gasteiger partial charge < -0.3 is 4.74 Å². The minimum Gasteiger partial charge on any atom is -0.402 e. The standard InChI is InChI=1S/C9H2F14O4.C5H2F6O.C4H2F6.2C3H3F3.C2H4.CH4/c1-2(10)25-7(17,18)5(14,8(19,20)27-9(21,22)23)26-6(15,16)4(12,13)3(11)24;1-2(6)4(8,9)5(10,11)3(7)12;1-2(3(5,6)7)4(8,9)10;2*1-2-3(4,5)6;1-2;/h1H2;1H2;1H2;2*2H,1H2;1-2H2;1H4. The maximum absolute atomic E-state index is 13.8. The van der Waals surface area contributed by atoms with Crippen LogP contribution >= 0.6 is 0 Å². The van der Waals surface area contributed by atoms with Crippen molar-refractivity contribution in [1.82, 2.24) is 0 Å². The van der Waals surface area contributed by atoms with E-state index in [2.05, 4.69) is 31.1 Å². The summed E-state index contributed by atoms with van der Waals surface area (Å²) >= 11 is 0. The Kier molecular flexibility index (Phi) is 28.9. The van der Waals surface area contributed by atoms with Crippen LogP contribution in [-0.4, -0.2) is 85.1 Å². The van der Waals surface area contributed by atoms with Crippen molar-refractivity contribution in [2.45, 2.75) is 80.4 Å². The third kappa shape index (κ3) is 25.5. The first-order valence-corrected chi connectivity index (χ1v) is 12.9. The van der Waals surface area contributed by atoms with Crippen molar-refractivity contribution in [3.8, 4) is 0 Å². The predicted octanol–water partition coefficient (Wildman–Crippen LogP) is 14.4. The lowest BCUT2D eigenvalue weighted by molar-refractivity contribution is -0.557. The number of carbonyl (C=O) groups excluding carboxylic acids is 2. The van der Waals surface area contributed by atoms with Gasteiger partial charge in [0.15, 0.2) is 5.83 Å². The molecule has 0 heterocycles. The molecule has 5 nitrogen and oxygen atoms in total.